The van der Waals surface area contributed by atoms with E-state index in [2.05, 4.69) is 34.6 Å². The highest BCUT2D eigenvalue weighted by Crippen LogP contribution is 2.32. The number of rotatable bonds is 3. The third-order valence-electron chi connectivity index (χ3n) is 5.27. The van der Waals surface area contributed by atoms with Gasteiger partial charge in [-0.3, -0.25) is 4.98 Å². The summed E-state index contributed by atoms with van der Waals surface area (Å²) >= 11 is 0. The van der Waals surface area contributed by atoms with Crippen LogP contribution in [0.1, 0.15) is 36.8 Å². The van der Waals surface area contributed by atoms with E-state index in [1.54, 1.807) is 7.05 Å². The Morgan fingerprint density at radius 3 is 2.65 bits per heavy atom. The lowest BCUT2D eigenvalue weighted by Gasteiger charge is -2.23. The van der Waals surface area contributed by atoms with Crippen molar-refractivity contribution in [2.75, 3.05) is 20.1 Å². The van der Waals surface area contributed by atoms with Crippen molar-refractivity contribution in [2.45, 2.75) is 25.7 Å². The van der Waals surface area contributed by atoms with Gasteiger partial charge in [-0.15, -0.1) is 0 Å². The minimum absolute atomic E-state index is 0.630. The molecule has 1 aromatic carbocycles. The van der Waals surface area contributed by atoms with Gasteiger partial charge in [0.05, 0.1) is 16.7 Å². The fraction of sp³-hybridized carbons (Fsp3) is 0.350. The van der Waals surface area contributed by atoms with Crippen molar-refractivity contribution in [3.05, 3.63) is 47.3 Å². The van der Waals surface area contributed by atoms with Crippen LogP contribution < -0.4 is 16.9 Å². The van der Waals surface area contributed by atoms with Gasteiger partial charge >= 0.3 is 0 Å². The Morgan fingerprint density at radius 1 is 1.19 bits per heavy atom. The van der Waals surface area contributed by atoms with Crippen LogP contribution in [0.15, 0.2) is 36.2 Å². The van der Waals surface area contributed by atoms with E-state index in [1.807, 2.05) is 13.1 Å². The number of benzene rings is 1. The molecule has 136 valence electrons. The van der Waals surface area contributed by atoms with Crippen LogP contribution >= 0.6 is 0 Å². The SMILES string of the molecule is C/C(N)=C(\c1cnc2c(c1)[nH]c1ccc(C3CCNCC3)cc12)N(C)N. The number of allylic oxidation sites excluding steroid dienone is 1. The smallest absolute Gasteiger partial charge is 0.0958 e. The molecule has 26 heavy (non-hydrogen) atoms. The number of pyridine rings is 1. The highest BCUT2D eigenvalue weighted by atomic mass is 15.4. The van der Waals surface area contributed by atoms with Gasteiger partial charge in [-0.1, -0.05) is 6.07 Å². The van der Waals surface area contributed by atoms with Gasteiger partial charge in [-0.05, 0) is 62.5 Å². The van der Waals surface area contributed by atoms with Crippen LogP contribution in [0.4, 0.5) is 0 Å². The summed E-state index contributed by atoms with van der Waals surface area (Å²) < 4.78 is 0. The molecule has 0 radical (unpaired) electrons. The Kier molecular flexibility index (Phi) is 4.30. The van der Waals surface area contributed by atoms with Crippen molar-refractivity contribution >= 4 is 27.6 Å². The molecule has 4 rings (SSSR count). The Hall–Kier alpha value is -2.57. The van der Waals surface area contributed by atoms with E-state index in [1.165, 1.54) is 28.8 Å². The number of nitrogens with two attached hydrogens (primary N) is 2. The predicted octanol–water partition coefficient (Wildman–Crippen LogP) is 2.64. The van der Waals surface area contributed by atoms with E-state index in [9.17, 15) is 0 Å². The second-order valence-corrected chi connectivity index (χ2v) is 7.22. The van der Waals surface area contributed by atoms with E-state index >= 15 is 0 Å². The second kappa shape index (κ2) is 6.63. The quantitative estimate of drug-likeness (QED) is 0.430. The first-order chi connectivity index (χ1) is 12.5. The van der Waals surface area contributed by atoms with Crippen molar-refractivity contribution in [3.8, 4) is 0 Å². The molecule has 1 aliphatic heterocycles. The molecule has 0 saturated carbocycles. The first-order valence-electron chi connectivity index (χ1n) is 9.12. The molecule has 2 aromatic heterocycles. The lowest BCUT2D eigenvalue weighted by molar-refractivity contribution is 0.460. The molecular weight excluding hydrogens is 324 g/mol. The fourth-order valence-corrected chi connectivity index (χ4v) is 4.03. The van der Waals surface area contributed by atoms with E-state index in [0.717, 1.165) is 40.9 Å². The molecular formula is C20H26N6. The molecule has 0 spiro atoms. The maximum absolute atomic E-state index is 6.01. The van der Waals surface area contributed by atoms with Crippen molar-refractivity contribution in [1.29, 1.82) is 0 Å². The van der Waals surface area contributed by atoms with Gasteiger partial charge in [0.2, 0.25) is 0 Å². The Labute approximate surface area is 153 Å². The number of aromatic nitrogens is 2. The van der Waals surface area contributed by atoms with E-state index in [0.29, 0.717) is 11.6 Å². The second-order valence-electron chi connectivity index (χ2n) is 7.22. The zero-order valence-corrected chi connectivity index (χ0v) is 15.3. The van der Waals surface area contributed by atoms with Crippen LogP contribution in [0.25, 0.3) is 27.6 Å². The normalized spacial score (nSPS) is 16.9. The van der Waals surface area contributed by atoms with E-state index in [-0.39, 0.29) is 0 Å². The minimum atomic E-state index is 0.630. The number of hydrazine groups is 1. The van der Waals surface area contributed by atoms with Gasteiger partial charge < -0.3 is 21.0 Å². The summed E-state index contributed by atoms with van der Waals surface area (Å²) in [7, 11) is 1.78. The largest absolute Gasteiger partial charge is 0.401 e. The third kappa shape index (κ3) is 2.91. The zero-order chi connectivity index (χ0) is 18.3. The third-order valence-corrected chi connectivity index (χ3v) is 5.27. The average Bonchev–Trinajstić information content (AvgIpc) is 2.99. The number of nitrogens with zero attached hydrogens (tertiary/aromatic N) is 2. The maximum atomic E-state index is 6.01. The number of H-pyrrole nitrogens is 1. The highest BCUT2D eigenvalue weighted by Gasteiger charge is 2.17. The monoisotopic (exact) mass is 350 g/mol. The van der Waals surface area contributed by atoms with Crippen LogP contribution in [0.3, 0.4) is 0 Å². The van der Waals surface area contributed by atoms with Crippen molar-refractivity contribution < 1.29 is 0 Å². The van der Waals surface area contributed by atoms with Crippen LogP contribution in [-0.4, -0.2) is 35.1 Å². The minimum Gasteiger partial charge on any atom is -0.401 e. The molecule has 1 saturated heterocycles. The van der Waals surface area contributed by atoms with E-state index in [4.69, 9.17) is 16.6 Å². The molecule has 0 unspecified atom stereocenters. The number of fused-ring (bicyclic) bond motifs is 3. The molecule has 0 amide bonds. The molecule has 3 aromatic rings. The number of hydrogen-bond acceptors (Lipinski definition) is 5. The van der Waals surface area contributed by atoms with Crippen LogP contribution in [0.2, 0.25) is 0 Å². The summed E-state index contributed by atoms with van der Waals surface area (Å²) in [5, 5.41) is 6.15. The van der Waals surface area contributed by atoms with Gasteiger partial charge in [-0.2, -0.15) is 0 Å². The fourth-order valence-electron chi connectivity index (χ4n) is 4.03. The first kappa shape index (κ1) is 16.9. The van der Waals surface area contributed by atoms with Gasteiger partial charge in [0.25, 0.3) is 0 Å². The summed E-state index contributed by atoms with van der Waals surface area (Å²) in [4.78, 5) is 8.21. The van der Waals surface area contributed by atoms with Gasteiger partial charge in [-0.25, -0.2) is 5.84 Å². The predicted molar refractivity (Wildman–Crippen MR) is 107 cm³/mol. The topological polar surface area (TPSA) is 96.0 Å². The lowest BCUT2D eigenvalue weighted by atomic mass is 9.89. The van der Waals surface area contributed by atoms with Crippen LogP contribution in [0.5, 0.6) is 0 Å². The first-order valence-corrected chi connectivity index (χ1v) is 9.12. The van der Waals surface area contributed by atoms with Crippen LogP contribution in [0, 0.1) is 0 Å². The summed E-state index contributed by atoms with van der Waals surface area (Å²) in [6.45, 7) is 4.04. The molecule has 6 heteroatoms. The molecule has 3 heterocycles. The average molecular weight is 350 g/mol. The van der Waals surface area contributed by atoms with Crippen molar-refractivity contribution in [2.24, 2.45) is 11.6 Å². The van der Waals surface area contributed by atoms with Gasteiger partial charge in [0.1, 0.15) is 0 Å². The standard InChI is InChI=1S/C20H26N6/c1-12(21)20(26(2)22)15-10-18-19(24-11-15)16-9-14(3-4-17(16)25-18)13-5-7-23-8-6-13/h3-4,9-11,13,23,25H,5-8,21-22H2,1-2H3/b20-12-. The lowest BCUT2D eigenvalue weighted by Crippen LogP contribution is -2.26. The molecule has 1 fully saturated rings. The van der Waals surface area contributed by atoms with Crippen molar-refractivity contribution in [3.63, 3.8) is 0 Å². The molecule has 0 bridgehead atoms. The summed E-state index contributed by atoms with van der Waals surface area (Å²) in [6, 6.07) is 8.80. The summed E-state index contributed by atoms with van der Waals surface area (Å²) in [6.07, 6.45) is 4.23. The van der Waals surface area contributed by atoms with Crippen LogP contribution in [-0.2, 0) is 0 Å². The summed E-state index contributed by atoms with van der Waals surface area (Å²) in [5.41, 5.74) is 12.9. The number of aromatic amines is 1. The number of hydrogen-bond donors (Lipinski definition) is 4. The molecule has 0 aliphatic carbocycles. The molecule has 0 atom stereocenters. The Morgan fingerprint density at radius 2 is 1.96 bits per heavy atom. The number of nitrogens with one attached hydrogen (secondary N) is 2. The molecule has 6 nitrogen and oxygen atoms in total. The Bertz CT molecular complexity index is 975. The number of piperidine rings is 1. The maximum Gasteiger partial charge on any atom is 0.0958 e. The summed E-state index contributed by atoms with van der Waals surface area (Å²) in [5.74, 6) is 6.57. The van der Waals surface area contributed by atoms with Gasteiger partial charge in [0, 0.05) is 35.4 Å². The van der Waals surface area contributed by atoms with E-state index < -0.39 is 0 Å². The van der Waals surface area contributed by atoms with Crippen molar-refractivity contribution in [1.82, 2.24) is 20.3 Å². The van der Waals surface area contributed by atoms with Gasteiger partial charge in [0.15, 0.2) is 0 Å². The molecule has 1 aliphatic rings. The Balaban J connectivity index is 1.80. The zero-order valence-electron chi connectivity index (χ0n) is 15.3. The molecule has 6 N–H and O–H groups in total. The highest BCUT2D eigenvalue weighted by molar-refractivity contribution is 6.05.